The van der Waals surface area contributed by atoms with E-state index in [0.29, 0.717) is 24.3 Å². The van der Waals surface area contributed by atoms with E-state index < -0.39 is 0 Å². The highest BCUT2D eigenvalue weighted by Crippen LogP contribution is 2.17. The van der Waals surface area contributed by atoms with Gasteiger partial charge in [-0.05, 0) is 50.2 Å². The fourth-order valence-corrected chi connectivity index (χ4v) is 3.11. The molecule has 3 amide bonds. The summed E-state index contributed by atoms with van der Waals surface area (Å²) >= 11 is 0. The molecular formula is C21H26N4O2. The molecular weight excluding hydrogens is 340 g/mol. The van der Waals surface area contributed by atoms with Gasteiger partial charge in [-0.15, -0.1) is 0 Å². The standard InChI is InChI=1S/C21H26N4O2/c1-16(2)22-21(27)23-18-10-8-17(9-11-18)20(26)25-14-12-24(13-15-25)19-6-4-3-5-7-19/h3-11,16H,12-15H2,1-2H3,(H2,22,23,27). The van der Waals surface area contributed by atoms with Crippen molar-refractivity contribution in [2.75, 3.05) is 36.4 Å². The Kier molecular flexibility index (Phi) is 5.96. The first kappa shape index (κ1) is 18.8. The van der Waals surface area contributed by atoms with Crippen molar-refractivity contribution in [3.8, 4) is 0 Å². The maximum Gasteiger partial charge on any atom is 0.319 e. The summed E-state index contributed by atoms with van der Waals surface area (Å²) in [5.74, 6) is 0.0286. The number of hydrogen-bond donors (Lipinski definition) is 2. The molecule has 1 saturated heterocycles. The normalized spacial score (nSPS) is 14.2. The van der Waals surface area contributed by atoms with Crippen LogP contribution in [0.5, 0.6) is 0 Å². The minimum atomic E-state index is -0.249. The smallest absolute Gasteiger partial charge is 0.319 e. The maximum atomic E-state index is 12.7. The summed E-state index contributed by atoms with van der Waals surface area (Å²) in [7, 11) is 0. The molecule has 0 radical (unpaired) electrons. The molecule has 2 aromatic carbocycles. The van der Waals surface area contributed by atoms with Crippen molar-refractivity contribution in [2.45, 2.75) is 19.9 Å². The van der Waals surface area contributed by atoms with Crippen LogP contribution >= 0.6 is 0 Å². The molecule has 0 bridgehead atoms. The summed E-state index contributed by atoms with van der Waals surface area (Å²) < 4.78 is 0. The lowest BCUT2D eigenvalue weighted by atomic mass is 10.1. The first-order valence-corrected chi connectivity index (χ1v) is 9.30. The van der Waals surface area contributed by atoms with E-state index >= 15 is 0 Å². The van der Waals surface area contributed by atoms with E-state index in [1.165, 1.54) is 5.69 Å². The molecule has 6 heteroatoms. The number of carbonyl (C=O) groups excluding carboxylic acids is 2. The highest BCUT2D eigenvalue weighted by Gasteiger charge is 2.22. The third-order valence-corrected chi connectivity index (χ3v) is 4.50. The predicted molar refractivity (Wildman–Crippen MR) is 108 cm³/mol. The van der Waals surface area contributed by atoms with Gasteiger partial charge in [-0.2, -0.15) is 0 Å². The first-order valence-electron chi connectivity index (χ1n) is 9.30. The van der Waals surface area contributed by atoms with Crippen LogP contribution in [0.3, 0.4) is 0 Å². The van der Waals surface area contributed by atoms with Crippen LogP contribution in [-0.2, 0) is 0 Å². The number of rotatable bonds is 4. The van der Waals surface area contributed by atoms with Gasteiger partial charge in [0.1, 0.15) is 0 Å². The Labute approximate surface area is 160 Å². The van der Waals surface area contributed by atoms with E-state index in [1.807, 2.05) is 36.9 Å². The number of nitrogens with one attached hydrogen (secondary N) is 2. The quantitative estimate of drug-likeness (QED) is 0.873. The molecule has 2 N–H and O–H groups in total. The van der Waals surface area contributed by atoms with Crippen molar-refractivity contribution < 1.29 is 9.59 Å². The summed E-state index contributed by atoms with van der Waals surface area (Å²) in [6.07, 6.45) is 0. The van der Waals surface area contributed by atoms with Crippen molar-refractivity contribution in [2.24, 2.45) is 0 Å². The van der Waals surface area contributed by atoms with Crippen molar-refractivity contribution in [3.63, 3.8) is 0 Å². The zero-order valence-corrected chi connectivity index (χ0v) is 15.8. The SMILES string of the molecule is CC(C)NC(=O)Nc1ccc(C(=O)N2CCN(c3ccccc3)CC2)cc1. The second-order valence-corrected chi connectivity index (χ2v) is 6.95. The molecule has 0 aromatic heterocycles. The summed E-state index contributed by atoms with van der Waals surface area (Å²) in [4.78, 5) is 28.6. The van der Waals surface area contributed by atoms with Crippen LogP contribution in [0.15, 0.2) is 54.6 Å². The van der Waals surface area contributed by atoms with Crippen LogP contribution in [0.4, 0.5) is 16.2 Å². The van der Waals surface area contributed by atoms with Gasteiger partial charge in [0, 0.05) is 49.2 Å². The van der Waals surface area contributed by atoms with Gasteiger partial charge in [-0.3, -0.25) is 4.79 Å². The lowest BCUT2D eigenvalue weighted by molar-refractivity contribution is 0.0747. The summed E-state index contributed by atoms with van der Waals surface area (Å²) in [6, 6.07) is 17.1. The number of nitrogens with zero attached hydrogens (tertiary/aromatic N) is 2. The predicted octanol–water partition coefficient (Wildman–Crippen LogP) is 3.18. The zero-order valence-electron chi connectivity index (χ0n) is 15.8. The Balaban J connectivity index is 1.55. The van der Waals surface area contributed by atoms with Crippen molar-refractivity contribution in [3.05, 3.63) is 60.2 Å². The molecule has 1 aliphatic rings. The number of benzene rings is 2. The number of piperazine rings is 1. The molecule has 6 nitrogen and oxygen atoms in total. The lowest BCUT2D eigenvalue weighted by Gasteiger charge is -2.36. The Hall–Kier alpha value is -3.02. The Bertz CT molecular complexity index is 767. The Morgan fingerprint density at radius 1 is 0.889 bits per heavy atom. The molecule has 0 aliphatic carbocycles. The molecule has 27 heavy (non-hydrogen) atoms. The van der Waals surface area contributed by atoms with E-state index in [9.17, 15) is 9.59 Å². The van der Waals surface area contributed by atoms with Crippen LogP contribution in [0.1, 0.15) is 24.2 Å². The van der Waals surface area contributed by atoms with Gasteiger partial charge >= 0.3 is 6.03 Å². The van der Waals surface area contributed by atoms with Crippen molar-refractivity contribution >= 4 is 23.3 Å². The molecule has 1 aliphatic heterocycles. The molecule has 3 rings (SSSR count). The Morgan fingerprint density at radius 3 is 2.11 bits per heavy atom. The number of para-hydroxylation sites is 1. The highest BCUT2D eigenvalue weighted by atomic mass is 16.2. The van der Waals surface area contributed by atoms with E-state index in [-0.39, 0.29) is 18.0 Å². The van der Waals surface area contributed by atoms with Gasteiger partial charge in [0.25, 0.3) is 5.91 Å². The second-order valence-electron chi connectivity index (χ2n) is 6.95. The molecule has 0 unspecified atom stereocenters. The second kappa shape index (κ2) is 8.58. The first-order chi connectivity index (χ1) is 13.0. The number of hydrogen-bond acceptors (Lipinski definition) is 3. The van der Waals surface area contributed by atoms with Crippen molar-refractivity contribution in [1.29, 1.82) is 0 Å². The third-order valence-electron chi connectivity index (χ3n) is 4.50. The zero-order chi connectivity index (χ0) is 19.2. The van der Waals surface area contributed by atoms with E-state index in [0.717, 1.165) is 13.1 Å². The molecule has 0 spiro atoms. The molecule has 0 atom stereocenters. The van der Waals surface area contributed by atoms with Gasteiger partial charge in [-0.1, -0.05) is 18.2 Å². The maximum absolute atomic E-state index is 12.7. The van der Waals surface area contributed by atoms with Crippen LogP contribution in [-0.4, -0.2) is 49.1 Å². The summed E-state index contributed by atoms with van der Waals surface area (Å²) in [5, 5.41) is 5.53. The van der Waals surface area contributed by atoms with E-state index in [4.69, 9.17) is 0 Å². The monoisotopic (exact) mass is 366 g/mol. The molecule has 0 saturated carbocycles. The fourth-order valence-electron chi connectivity index (χ4n) is 3.11. The third kappa shape index (κ3) is 5.00. The van der Waals surface area contributed by atoms with Crippen molar-refractivity contribution in [1.82, 2.24) is 10.2 Å². The number of amides is 3. The number of urea groups is 1. The molecule has 2 aromatic rings. The van der Waals surface area contributed by atoms with Gasteiger partial charge in [0.15, 0.2) is 0 Å². The highest BCUT2D eigenvalue weighted by molar-refractivity contribution is 5.95. The molecule has 1 heterocycles. The van der Waals surface area contributed by atoms with E-state index in [2.05, 4.69) is 27.7 Å². The lowest BCUT2D eigenvalue weighted by Crippen LogP contribution is -2.48. The van der Waals surface area contributed by atoms with Crippen LogP contribution < -0.4 is 15.5 Å². The minimum Gasteiger partial charge on any atom is -0.368 e. The molecule has 1 fully saturated rings. The molecule has 142 valence electrons. The van der Waals surface area contributed by atoms with Crippen LogP contribution in [0.2, 0.25) is 0 Å². The summed E-state index contributed by atoms with van der Waals surface area (Å²) in [5.41, 5.74) is 2.50. The Morgan fingerprint density at radius 2 is 1.52 bits per heavy atom. The number of carbonyl (C=O) groups is 2. The van der Waals surface area contributed by atoms with Crippen LogP contribution in [0, 0.1) is 0 Å². The van der Waals surface area contributed by atoms with Gasteiger partial charge in [0.05, 0.1) is 0 Å². The van der Waals surface area contributed by atoms with Crippen LogP contribution in [0.25, 0.3) is 0 Å². The van der Waals surface area contributed by atoms with E-state index in [1.54, 1.807) is 24.3 Å². The number of anilines is 2. The largest absolute Gasteiger partial charge is 0.368 e. The van der Waals surface area contributed by atoms with Gasteiger partial charge in [0.2, 0.25) is 0 Å². The fraction of sp³-hybridized carbons (Fsp3) is 0.333. The average molecular weight is 366 g/mol. The minimum absolute atomic E-state index is 0.0286. The topological polar surface area (TPSA) is 64.7 Å². The average Bonchev–Trinajstić information content (AvgIpc) is 2.68. The van der Waals surface area contributed by atoms with Gasteiger partial charge in [-0.25, -0.2) is 4.79 Å². The summed E-state index contributed by atoms with van der Waals surface area (Å²) in [6.45, 7) is 6.85. The van der Waals surface area contributed by atoms with Gasteiger partial charge < -0.3 is 20.4 Å².